The van der Waals surface area contributed by atoms with E-state index in [1.807, 2.05) is 23.1 Å². The number of nitrogens with zero attached hydrogens (tertiary/aromatic N) is 2. The summed E-state index contributed by atoms with van der Waals surface area (Å²) >= 11 is 0. The fraction of sp³-hybridized carbons (Fsp3) is 0.423. The van der Waals surface area contributed by atoms with Gasteiger partial charge in [0, 0.05) is 25.6 Å². The van der Waals surface area contributed by atoms with E-state index in [4.69, 9.17) is 19.8 Å². The summed E-state index contributed by atoms with van der Waals surface area (Å²) in [4.78, 5) is 35.7. The van der Waals surface area contributed by atoms with Gasteiger partial charge >= 0.3 is 11.9 Å². The molecule has 1 saturated heterocycles. The Hall–Kier alpha value is -3.19. The van der Waals surface area contributed by atoms with Crippen LogP contribution in [0.1, 0.15) is 43.4 Å². The highest BCUT2D eigenvalue weighted by Gasteiger charge is 2.28. The van der Waals surface area contributed by atoms with Gasteiger partial charge in [-0.3, -0.25) is 9.69 Å². The Labute approximate surface area is 195 Å². The molecule has 0 aliphatic carbocycles. The number of aliphatic carboxylic acids is 2. The first kappa shape index (κ1) is 26.1. The van der Waals surface area contributed by atoms with Gasteiger partial charge < -0.3 is 15.1 Å². The summed E-state index contributed by atoms with van der Waals surface area (Å²) in [5.41, 5.74) is 3.97. The predicted octanol–water partition coefficient (Wildman–Crippen LogP) is 3.67. The number of carbonyl (C=O) groups excluding carboxylic acids is 1. The summed E-state index contributed by atoms with van der Waals surface area (Å²) in [5.74, 6) is -3.15. The number of carbonyl (C=O) groups is 3. The van der Waals surface area contributed by atoms with Crippen LogP contribution >= 0.6 is 0 Å². The molecule has 2 aromatic carbocycles. The molecular weight excluding hydrogens is 420 g/mol. The lowest BCUT2D eigenvalue weighted by Crippen LogP contribution is -2.42. The van der Waals surface area contributed by atoms with Crippen LogP contribution < -0.4 is 0 Å². The van der Waals surface area contributed by atoms with Crippen molar-refractivity contribution in [3.8, 4) is 0 Å². The molecule has 0 bridgehead atoms. The van der Waals surface area contributed by atoms with Crippen LogP contribution in [0.5, 0.6) is 0 Å². The van der Waals surface area contributed by atoms with E-state index in [0.717, 1.165) is 52.0 Å². The van der Waals surface area contributed by atoms with Crippen LogP contribution in [0.2, 0.25) is 0 Å². The quantitative estimate of drug-likeness (QED) is 0.620. The maximum Gasteiger partial charge on any atom is 0.414 e. The molecule has 2 N–H and O–H groups in total. The van der Waals surface area contributed by atoms with E-state index in [1.54, 1.807) is 0 Å². The van der Waals surface area contributed by atoms with Gasteiger partial charge in [-0.1, -0.05) is 61.5 Å². The topological polar surface area (TPSA) is 98.2 Å². The summed E-state index contributed by atoms with van der Waals surface area (Å²) in [6.07, 6.45) is 3.03. The minimum absolute atomic E-state index is 0.173. The molecule has 3 rings (SSSR count). The molecule has 0 atom stereocenters. The molecule has 1 fully saturated rings. The standard InChI is InChI=1S/C24H32N2O.C2H2O4/c1-3-20-10-12-22(13-11-20)18-25-16-14-23(15-17-25)24(27)26(4-2)19-21-8-6-5-7-9-21;3-1(4)2(5)6/h5-13,23H,3-4,14-19H2,1-2H3;(H,3,4)(H,5,6). The molecular formula is C26H34N2O5. The molecule has 0 saturated carbocycles. The van der Waals surface area contributed by atoms with E-state index < -0.39 is 11.9 Å². The second-order valence-corrected chi connectivity index (χ2v) is 8.17. The molecule has 2 aromatic rings. The lowest BCUT2D eigenvalue weighted by Gasteiger charge is -2.34. The van der Waals surface area contributed by atoms with Gasteiger partial charge in [-0.05, 0) is 56.0 Å². The van der Waals surface area contributed by atoms with Gasteiger partial charge in [0.25, 0.3) is 0 Å². The van der Waals surface area contributed by atoms with Crippen LogP contribution in [0.3, 0.4) is 0 Å². The first-order valence-corrected chi connectivity index (χ1v) is 11.4. The number of rotatable bonds is 7. The number of benzene rings is 2. The van der Waals surface area contributed by atoms with Crippen molar-refractivity contribution < 1.29 is 24.6 Å². The fourth-order valence-electron chi connectivity index (χ4n) is 3.88. The van der Waals surface area contributed by atoms with Crippen molar-refractivity contribution in [1.29, 1.82) is 0 Å². The maximum atomic E-state index is 13.0. The zero-order valence-electron chi connectivity index (χ0n) is 19.4. The summed E-state index contributed by atoms with van der Waals surface area (Å²) in [5, 5.41) is 14.8. The summed E-state index contributed by atoms with van der Waals surface area (Å²) in [6.45, 7) is 8.78. The highest BCUT2D eigenvalue weighted by Crippen LogP contribution is 2.22. The van der Waals surface area contributed by atoms with Crippen LogP contribution in [0.4, 0.5) is 0 Å². The van der Waals surface area contributed by atoms with Gasteiger partial charge in [0.2, 0.25) is 5.91 Å². The van der Waals surface area contributed by atoms with Crippen molar-refractivity contribution in [2.75, 3.05) is 19.6 Å². The summed E-state index contributed by atoms with van der Waals surface area (Å²) in [7, 11) is 0. The number of carboxylic acid groups (broad SMARTS) is 2. The van der Waals surface area contributed by atoms with E-state index in [2.05, 4.69) is 55.1 Å². The number of piperidine rings is 1. The number of hydrogen-bond acceptors (Lipinski definition) is 4. The number of likely N-dealkylation sites (tertiary alicyclic amines) is 1. The average Bonchev–Trinajstić information content (AvgIpc) is 2.84. The number of carboxylic acids is 2. The van der Waals surface area contributed by atoms with Gasteiger partial charge in [-0.2, -0.15) is 0 Å². The molecule has 0 spiro atoms. The lowest BCUT2D eigenvalue weighted by atomic mass is 9.94. The molecule has 0 aromatic heterocycles. The second-order valence-electron chi connectivity index (χ2n) is 8.17. The van der Waals surface area contributed by atoms with Gasteiger partial charge in [0.05, 0.1) is 0 Å². The second kappa shape index (κ2) is 13.4. The van der Waals surface area contributed by atoms with Gasteiger partial charge in [0.15, 0.2) is 0 Å². The smallest absolute Gasteiger partial charge is 0.414 e. The summed E-state index contributed by atoms with van der Waals surface area (Å²) in [6, 6.07) is 19.3. The van der Waals surface area contributed by atoms with Gasteiger partial charge in [-0.15, -0.1) is 0 Å². The fourth-order valence-corrected chi connectivity index (χ4v) is 3.88. The minimum Gasteiger partial charge on any atom is -0.473 e. The largest absolute Gasteiger partial charge is 0.473 e. The van der Waals surface area contributed by atoms with Crippen LogP contribution in [0, 0.1) is 5.92 Å². The molecule has 1 amide bonds. The number of aryl methyl sites for hydroxylation is 1. The molecule has 1 aliphatic heterocycles. The van der Waals surface area contributed by atoms with Crippen molar-refractivity contribution in [3.05, 3.63) is 71.3 Å². The maximum absolute atomic E-state index is 13.0. The van der Waals surface area contributed by atoms with Crippen molar-refractivity contribution in [1.82, 2.24) is 9.80 Å². The van der Waals surface area contributed by atoms with Gasteiger partial charge in [0.1, 0.15) is 0 Å². The third-order valence-electron chi connectivity index (χ3n) is 5.87. The summed E-state index contributed by atoms with van der Waals surface area (Å²) < 4.78 is 0. The molecule has 1 aliphatic rings. The normalized spacial score (nSPS) is 14.1. The Morgan fingerprint density at radius 3 is 1.88 bits per heavy atom. The molecule has 1 heterocycles. The SMILES string of the molecule is CCc1ccc(CN2CCC(C(=O)N(CC)Cc3ccccc3)CC2)cc1.O=C(O)C(=O)O. The third kappa shape index (κ3) is 8.69. The van der Waals surface area contributed by atoms with Crippen molar-refractivity contribution in [3.63, 3.8) is 0 Å². The Kier molecular flexibility index (Phi) is 10.6. The Morgan fingerprint density at radius 2 is 1.39 bits per heavy atom. The lowest BCUT2D eigenvalue weighted by molar-refractivity contribution is -0.159. The average molecular weight is 455 g/mol. The molecule has 178 valence electrons. The van der Waals surface area contributed by atoms with Crippen molar-refractivity contribution in [2.45, 2.75) is 46.2 Å². The van der Waals surface area contributed by atoms with E-state index >= 15 is 0 Å². The van der Waals surface area contributed by atoms with Crippen LogP contribution in [0.15, 0.2) is 54.6 Å². The number of hydrogen-bond donors (Lipinski definition) is 2. The highest BCUT2D eigenvalue weighted by atomic mass is 16.4. The van der Waals surface area contributed by atoms with Crippen molar-refractivity contribution in [2.24, 2.45) is 5.92 Å². The van der Waals surface area contributed by atoms with E-state index in [0.29, 0.717) is 5.91 Å². The Bertz CT molecular complexity index is 879. The van der Waals surface area contributed by atoms with Crippen LogP contribution in [-0.4, -0.2) is 57.5 Å². The zero-order valence-corrected chi connectivity index (χ0v) is 19.4. The Morgan fingerprint density at radius 1 is 0.848 bits per heavy atom. The Balaban J connectivity index is 0.000000569. The molecule has 7 heteroatoms. The van der Waals surface area contributed by atoms with E-state index in [-0.39, 0.29) is 5.92 Å². The molecule has 33 heavy (non-hydrogen) atoms. The number of amides is 1. The van der Waals surface area contributed by atoms with Gasteiger partial charge in [-0.25, -0.2) is 9.59 Å². The van der Waals surface area contributed by atoms with E-state index in [9.17, 15) is 4.79 Å². The zero-order chi connectivity index (χ0) is 24.2. The molecule has 0 radical (unpaired) electrons. The van der Waals surface area contributed by atoms with Crippen molar-refractivity contribution >= 4 is 17.8 Å². The molecule has 7 nitrogen and oxygen atoms in total. The first-order chi connectivity index (χ1) is 15.8. The monoisotopic (exact) mass is 454 g/mol. The van der Waals surface area contributed by atoms with E-state index in [1.165, 1.54) is 16.7 Å². The first-order valence-electron chi connectivity index (χ1n) is 11.4. The third-order valence-corrected chi connectivity index (χ3v) is 5.87. The van der Waals surface area contributed by atoms with Crippen LogP contribution in [-0.2, 0) is 33.9 Å². The predicted molar refractivity (Wildman–Crippen MR) is 127 cm³/mol. The molecule has 0 unspecified atom stereocenters. The minimum atomic E-state index is -1.82. The van der Waals surface area contributed by atoms with Crippen LogP contribution in [0.25, 0.3) is 0 Å². The highest BCUT2D eigenvalue weighted by molar-refractivity contribution is 6.27.